The highest BCUT2D eigenvalue weighted by Gasteiger charge is 2.22. The first-order valence-corrected chi connectivity index (χ1v) is 7.61. The molecule has 1 aliphatic heterocycles. The second kappa shape index (κ2) is 5.14. The highest BCUT2D eigenvalue weighted by molar-refractivity contribution is 6.32. The van der Waals surface area contributed by atoms with Crippen molar-refractivity contribution in [3.63, 3.8) is 0 Å². The number of benzene rings is 2. The third kappa shape index (κ3) is 2.16. The van der Waals surface area contributed by atoms with E-state index in [0.29, 0.717) is 17.1 Å². The van der Waals surface area contributed by atoms with Gasteiger partial charge in [-0.3, -0.25) is 4.79 Å². The summed E-state index contributed by atoms with van der Waals surface area (Å²) in [5, 5.41) is 3.45. The lowest BCUT2D eigenvalue weighted by atomic mass is 10.1. The van der Waals surface area contributed by atoms with Gasteiger partial charge in [-0.15, -0.1) is 0 Å². The molecular formula is C17H14ClN3O. The maximum Gasteiger partial charge on any atom is 0.253 e. The number of carbonyl (C=O) groups excluding carboxylic acids is 1. The van der Waals surface area contributed by atoms with Crippen LogP contribution in [0.25, 0.3) is 11.0 Å². The summed E-state index contributed by atoms with van der Waals surface area (Å²) in [5.41, 5.74) is 3.47. The fraction of sp³-hybridized carbons (Fsp3) is 0.176. The SMILES string of the molecule is O=C1NCCn2c(Cc3ccccc3)nc3cc(Cl)cc1c32. The number of amides is 1. The predicted molar refractivity (Wildman–Crippen MR) is 86.3 cm³/mol. The summed E-state index contributed by atoms with van der Waals surface area (Å²) in [7, 11) is 0. The largest absolute Gasteiger partial charge is 0.350 e. The van der Waals surface area contributed by atoms with Gasteiger partial charge in [0.2, 0.25) is 0 Å². The lowest BCUT2D eigenvalue weighted by Gasteiger charge is -2.07. The zero-order valence-electron chi connectivity index (χ0n) is 11.8. The van der Waals surface area contributed by atoms with E-state index in [4.69, 9.17) is 16.6 Å². The first kappa shape index (κ1) is 13.3. The number of imidazole rings is 1. The molecule has 0 saturated carbocycles. The summed E-state index contributed by atoms with van der Waals surface area (Å²) < 4.78 is 2.13. The summed E-state index contributed by atoms with van der Waals surface area (Å²) in [4.78, 5) is 16.9. The van der Waals surface area contributed by atoms with E-state index in [-0.39, 0.29) is 5.91 Å². The van der Waals surface area contributed by atoms with Gasteiger partial charge in [-0.2, -0.15) is 0 Å². The molecule has 0 radical (unpaired) electrons. The van der Waals surface area contributed by atoms with E-state index >= 15 is 0 Å². The van der Waals surface area contributed by atoms with Crippen molar-refractivity contribution in [1.82, 2.24) is 14.9 Å². The van der Waals surface area contributed by atoms with Gasteiger partial charge in [0.15, 0.2) is 0 Å². The third-order valence-corrected chi connectivity index (χ3v) is 4.17. The van der Waals surface area contributed by atoms with Gasteiger partial charge in [-0.05, 0) is 17.7 Å². The Morgan fingerprint density at radius 1 is 1.23 bits per heavy atom. The molecule has 1 aromatic heterocycles. The van der Waals surface area contributed by atoms with E-state index in [1.54, 1.807) is 6.07 Å². The lowest BCUT2D eigenvalue weighted by molar-refractivity contribution is 0.0956. The molecule has 5 heteroatoms. The number of halogens is 1. The van der Waals surface area contributed by atoms with E-state index in [9.17, 15) is 4.79 Å². The van der Waals surface area contributed by atoms with Crippen LogP contribution in [-0.2, 0) is 13.0 Å². The second-order valence-corrected chi connectivity index (χ2v) is 5.86. The van der Waals surface area contributed by atoms with Crippen LogP contribution in [0.5, 0.6) is 0 Å². The molecule has 3 aromatic rings. The number of carbonyl (C=O) groups is 1. The molecule has 0 atom stereocenters. The van der Waals surface area contributed by atoms with Gasteiger partial charge < -0.3 is 9.88 Å². The summed E-state index contributed by atoms with van der Waals surface area (Å²) >= 11 is 6.14. The van der Waals surface area contributed by atoms with Gasteiger partial charge in [0.1, 0.15) is 5.82 Å². The van der Waals surface area contributed by atoms with E-state index in [2.05, 4.69) is 22.0 Å². The molecule has 1 aliphatic rings. The molecule has 2 aromatic carbocycles. The highest BCUT2D eigenvalue weighted by Crippen LogP contribution is 2.27. The van der Waals surface area contributed by atoms with Crippen molar-refractivity contribution < 1.29 is 4.79 Å². The second-order valence-electron chi connectivity index (χ2n) is 5.42. The maximum absolute atomic E-state index is 12.2. The fourth-order valence-corrected chi connectivity index (χ4v) is 3.20. The molecule has 1 amide bonds. The first-order chi connectivity index (χ1) is 10.7. The minimum absolute atomic E-state index is 0.0857. The van der Waals surface area contributed by atoms with Crippen molar-refractivity contribution in [2.24, 2.45) is 0 Å². The monoisotopic (exact) mass is 311 g/mol. The van der Waals surface area contributed by atoms with Crippen LogP contribution in [-0.4, -0.2) is 22.0 Å². The predicted octanol–water partition coefficient (Wildman–Crippen LogP) is 3.02. The number of rotatable bonds is 2. The molecular weight excluding hydrogens is 298 g/mol. The summed E-state index contributed by atoms with van der Waals surface area (Å²) in [5.74, 6) is 0.874. The Balaban J connectivity index is 1.91. The van der Waals surface area contributed by atoms with Gasteiger partial charge in [0.05, 0.1) is 16.6 Å². The molecule has 4 nitrogen and oxygen atoms in total. The molecule has 1 N–H and O–H groups in total. The number of nitrogens with one attached hydrogen (secondary N) is 1. The van der Waals surface area contributed by atoms with Crippen molar-refractivity contribution in [2.75, 3.05) is 6.54 Å². The summed E-state index contributed by atoms with van der Waals surface area (Å²) in [6.45, 7) is 1.32. The normalized spacial score (nSPS) is 14.0. The first-order valence-electron chi connectivity index (χ1n) is 7.23. The number of nitrogens with zero attached hydrogens (tertiary/aromatic N) is 2. The van der Waals surface area contributed by atoms with Crippen LogP contribution in [0.15, 0.2) is 42.5 Å². The standard InChI is InChI=1S/C17H14ClN3O/c18-12-9-13-16-14(10-12)20-15(8-11-4-2-1-3-5-11)21(16)7-6-19-17(13)22/h1-5,9-10H,6-8H2,(H,19,22). The van der Waals surface area contributed by atoms with Gasteiger partial charge in [-0.25, -0.2) is 4.98 Å². The fourth-order valence-electron chi connectivity index (χ4n) is 2.99. The third-order valence-electron chi connectivity index (χ3n) is 3.96. The average Bonchev–Trinajstić information content (AvgIpc) is 2.74. The van der Waals surface area contributed by atoms with Gasteiger partial charge >= 0.3 is 0 Å². The van der Waals surface area contributed by atoms with Crippen LogP contribution in [0.3, 0.4) is 0 Å². The average molecular weight is 312 g/mol. The topological polar surface area (TPSA) is 46.9 Å². The van der Waals surface area contributed by atoms with Gasteiger partial charge in [0.25, 0.3) is 5.91 Å². The molecule has 22 heavy (non-hydrogen) atoms. The van der Waals surface area contributed by atoms with Gasteiger partial charge in [-0.1, -0.05) is 41.9 Å². The number of hydrogen-bond donors (Lipinski definition) is 1. The quantitative estimate of drug-likeness (QED) is 0.791. The van der Waals surface area contributed by atoms with E-state index in [1.807, 2.05) is 24.3 Å². The Hall–Kier alpha value is -2.33. The van der Waals surface area contributed by atoms with Crippen LogP contribution < -0.4 is 5.32 Å². The van der Waals surface area contributed by atoms with Crippen molar-refractivity contribution in [2.45, 2.75) is 13.0 Å². The zero-order valence-corrected chi connectivity index (χ0v) is 12.6. The Labute approximate surface area is 132 Å². The van der Waals surface area contributed by atoms with Crippen molar-refractivity contribution in [3.8, 4) is 0 Å². The molecule has 110 valence electrons. The molecule has 0 spiro atoms. The summed E-state index contributed by atoms with van der Waals surface area (Å²) in [6, 6.07) is 13.8. The highest BCUT2D eigenvalue weighted by atomic mass is 35.5. The molecule has 0 fully saturated rings. The van der Waals surface area contributed by atoms with Crippen LogP contribution in [0.1, 0.15) is 21.7 Å². The summed E-state index contributed by atoms with van der Waals surface area (Å²) in [6.07, 6.45) is 0.737. The maximum atomic E-state index is 12.2. The Kier molecular flexibility index (Phi) is 3.12. The van der Waals surface area contributed by atoms with Crippen LogP contribution in [0.2, 0.25) is 5.02 Å². The van der Waals surface area contributed by atoms with Crippen LogP contribution in [0.4, 0.5) is 0 Å². The Morgan fingerprint density at radius 2 is 2.05 bits per heavy atom. The Bertz CT molecular complexity index is 870. The zero-order chi connectivity index (χ0) is 15.1. The van der Waals surface area contributed by atoms with Crippen molar-refractivity contribution in [3.05, 3.63) is 64.4 Å². The molecule has 0 unspecified atom stereocenters. The minimum atomic E-state index is -0.0857. The van der Waals surface area contributed by atoms with Crippen molar-refractivity contribution in [1.29, 1.82) is 0 Å². The smallest absolute Gasteiger partial charge is 0.253 e. The lowest BCUT2D eigenvalue weighted by Crippen LogP contribution is -2.24. The minimum Gasteiger partial charge on any atom is -0.350 e. The van der Waals surface area contributed by atoms with E-state index in [0.717, 1.165) is 29.8 Å². The van der Waals surface area contributed by atoms with E-state index in [1.165, 1.54) is 5.56 Å². The van der Waals surface area contributed by atoms with Crippen molar-refractivity contribution >= 4 is 28.5 Å². The van der Waals surface area contributed by atoms with Gasteiger partial charge in [0, 0.05) is 24.5 Å². The molecule has 0 aliphatic carbocycles. The molecule has 4 rings (SSSR count). The Morgan fingerprint density at radius 3 is 2.86 bits per heavy atom. The van der Waals surface area contributed by atoms with E-state index < -0.39 is 0 Å². The molecule has 0 saturated heterocycles. The molecule has 2 heterocycles. The number of hydrogen-bond acceptors (Lipinski definition) is 2. The number of aromatic nitrogens is 2. The van der Waals surface area contributed by atoms with Crippen LogP contribution >= 0.6 is 11.6 Å². The van der Waals surface area contributed by atoms with Crippen LogP contribution in [0, 0.1) is 0 Å². The molecule has 0 bridgehead atoms.